The Morgan fingerprint density at radius 2 is 1.62 bits per heavy atom. The molecule has 26 heavy (non-hydrogen) atoms. The highest BCUT2D eigenvalue weighted by molar-refractivity contribution is 5.95. The molecule has 3 rings (SSSR count). The van der Waals surface area contributed by atoms with Crippen molar-refractivity contribution in [3.8, 4) is 11.5 Å². The number of hydrogen-bond donors (Lipinski definition) is 1. The lowest BCUT2D eigenvalue weighted by Crippen LogP contribution is -2.30. The number of carbonyl (C=O) groups excluding carboxylic acids is 1. The molecule has 0 aliphatic rings. The molecular formula is C22H23NO3. The van der Waals surface area contributed by atoms with Crippen molar-refractivity contribution in [1.82, 2.24) is 0 Å². The first-order valence-electron chi connectivity index (χ1n) is 8.75. The van der Waals surface area contributed by atoms with Crippen LogP contribution in [0.3, 0.4) is 0 Å². The lowest BCUT2D eigenvalue weighted by molar-refractivity contribution is -0.122. The maximum Gasteiger partial charge on any atom is 0.265 e. The highest BCUT2D eigenvalue weighted by Gasteiger charge is 2.16. The third-order valence-corrected chi connectivity index (χ3v) is 3.90. The molecule has 3 aromatic carbocycles. The minimum Gasteiger partial charge on any atom is -0.491 e. The van der Waals surface area contributed by atoms with Crippen LogP contribution in [-0.2, 0) is 4.79 Å². The molecule has 0 bridgehead atoms. The van der Waals surface area contributed by atoms with Crippen LogP contribution >= 0.6 is 0 Å². The molecule has 4 heteroatoms. The summed E-state index contributed by atoms with van der Waals surface area (Å²) in [6.45, 7) is 5.67. The van der Waals surface area contributed by atoms with Crippen molar-refractivity contribution in [2.45, 2.75) is 33.0 Å². The Balaban J connectivity index is 1.70. The summed E-state index contributed by atoms with van der Waals surface area (Å²) >= 11 is 0. The molecule has 134 valence electrons. The fourth-order valence-corrected chi connectivity index (χ4v) is 2.71. The molecule has 0 fully saturated rings. The molecule has 3 aromatic rings. The van der Waals surface area contributed by atoms with Gasteiger partial charge < -0.3 is 14.8 Å². The van der Waals surface area contributed by atoms with Crippen LogP contribution in [0, 0.1) is 0 Å². The van der Waals surface area contributed by atoms with Gasteiger partial charge in [-0.05, 0) is 44.4 Å². The van der Waals surface area contributed by atoms with Crippen LogP contribution in [-0.4, -0.2) is 18.1 Å². The summed E-state index contributed by atoms with van der Waals surface area (Å²) in [5.41, 5.74) is 0.682. The number of carbonyl (C=O) groups is 1. The molecule has 0 spiro atoms. The molecule has 0 aliphatic heterocycles. The standard InChI is InChI=1S/C22H23NO3/c1-15(2)25-19-11-7-10-18(14-19)23-22(24)16(3)26-21-13-6-9-17-8-4-5-12-20(17)21/h4-16H,1-3H3,(H,23,24). The van der Waals surface area contributed by atoms with Crippen molar-refractivity contribution in [1.29, 1.82) is 0 Å². The monoisotopic (exact) mass is 349 g/mol. The third-order valence-electron chi connectivity index (χ3n) is 3.90. The molecule has 1 amide bonds. The first-order valence-corrected chi connectivity index (χ1v) is 8.75. The summed E-state index contributed by atoms with van der Waals surface area (Å²) in [7, 11) is 0. The molecule has 1 N–H and O–H groups in total. The van der Waals surface area contributed by atoms with E-state index in [1.54, 1.807) is 6.92 Å². The van der Waals surface area contributed by atoms with E-state index >= 15 is 0 Å². The molecule has 1 unspecified atom stereocenters. The van der Waals surface area contributed by atoms with Gasteiger partial charge in [0.15, 0.2) is 6.10 Å². The van der Waals surface area contributed by atoms with Crippen molar-refractivity contribution in [2.75, 3.05) is 5.32 Å². The minimum atomic E-state index is -0.629. The predicted octanol–water partition coefficient (Wildman–Crippen LogP) is 5.03. The Bertz CT molecular complexity index is 899. The zero-order valence-corrected chi connectivity index (χ0v) is 15.2. The van der Waals surface area contributed by atoms with Gasteiger partial charge in [0, 0.05) is 17.1 Å². The topological polar surface area (TPSA) is 47.6 Å². The van der Waals surface area contributed by atoms with Crippen LogP contribution < -0.4 is 14.8 Å². The van der Waals surface area contributed by atoms with Crippen LogP contribution in [0.15, 0.2) is 66.7 Å². The van der Waals surface area contributed by atoms with Crippen LogP contribution in [0.4, 0.5) is 5.69 Å². The van der Waals surface area contributed by atoms with Gasteiger partial charge in [-0.25, -0.2) is 0 Å². The van der Waals surface area contributed by atoms with Crippen molar-refractivity contribution < 1.29 is 14.3 Å². The minimum absolute atomic E-state index is 0.0783. The molecule has 0 saturated carbocycles. The van der Waals surface area contributed by atoms with Gasteiger partial charge in [-0.15, -0.1) is 0 Å². The highest BCUT2D eigenvalue weighted by Crippen LogP contribution is 2.26. The second-order valence-electron chi connectivity index (χ2n) is 6.42. The molecule has 0 radical (unpaired) electrons. The van der Waals surface area contributed by atoms with Gasteiger partial charge >= 0.3 is 0 Å². The maximum atomic E-state index is 12.5. The smallest absolute Gasteiger partial charge is 0.265 e. The van der Waals surface area contributed by atoms with Crippen LogP contribution in [0.25, 0.3) is 10.8 Å². The number of fused-ring (bicyclic) bond motifs is 1. The van der Waals surface area contributed by atoms with Crippen LogP contribution in [0.5, 0.6) is 11.5 Å². The summed E-state index contributed by atoms with van der Waals surface area (Å²) in [5, 5.41) is 4.95. The summed E-state index contributed by atoms with van der Waals surface area (Å²) in [6.07, 6.45) is -0.551. The van der Waals surface area contributed by atoms with Crippen molar-refractivity contribution >= 4 is 22.4 Å². The van der Waals surface area contributed by atoms with E-state index in [1.807, 2.05) is 80.6 Å². The predicted molar refractivity (Wildman–Crippen MR) is 105 cm³/mol. The summed E-state index contributed by atoms with van der Waals surface area (Å²) in [5.74, 6) is 1.21. The second-order valence-corrected chi connectivity index (χ2v) is 6.42. The fourth-order valence-electron chi connectivity index (χ4n) is 2.71. The molecule has 4 nitrogen and oxygen atoms in total. The lowest BCUT2D eigenvalue weighted by atomic mass is 10.1. The average Bonchev–Trinajstić information content (AvgIpc) is 2.61. The molecule has 0 saturated heterocycles. The summed E-state index contributed by atoms with van der Waals surface area (Å²) < 4.78 is 11.6. The van der Waals surface area contributed by atoms with E-state index in [0.717, 1.165) is 16.5 Å². The molecule has 0 aromatic heterocycles. The van der Waals surface area contributed by atoms with Gasteiger partial charge in [-0.2, -0.15) is 0 Å². The average molecular weight is 349 g/mol. The number of benzene rings is 3. The SMILES string of the molecule is CC(C)Oc1cccc(NC(=O)C(C)Oc2cccc3ccccc23)c1. The molecule has 0 aliphatic carbocycles. The molecule has 0 heterocycles. The van der Waals surface area contributed by atoms with Gasteiger partial charge in [-0.1, -0.05) is 42.5 Å². The molecular weight excluding hydrogens is 326 g/mol. The zero-order valence-electron chi connectivity index (χ0n) is 15.2. The normalized spacial score (nSPS) is 12.0. The van der Waals surface area contributed by atoms with Crippen molar-refractivity contribution in [2.24, 2.45) is 0 Å². The van der Waals surface area contributed by atoms with Crippen molar-refractivity contribution in [3.05, 3.63) is 66.7 Å². The van der Waals surface area contributed by atoms with E-state index in [4.69, 9.17) is 9.47 Å². The van der Waals surface area contributed by atoms with Gasteiger partial charge in [-0.3, -0.25) is 4.79 Å². The number of anilines is 1. The lowest BCUT2D eigenvalue weighted by Gasteiger charge is -2.17. The maximum absolute atomic E-state index is 12.5. The van der Waals surface area contributed by atoms with E-state index in [2.05, 4.69) is 5.32 Å². The number of hydrogen-bond acceptors (Lipinski definition) is 3. The Hall–Kier alpha value is -3.01. The summed E-state index contributed by atoms with van der Waals surface area (Å²) in [4.78, 5) is 12.5. The van der Waals surface area contributed by atoms with E-state index in [-0.39, 0.29) is 12.0 Å². The number of amides is 1. The highest BCUT2D eigenvalue weighted by atomic mass is 16.5. The number of nitrogens with one attached hydrogen (secondary N) is 1. The van der Waals surface area contributed by atoms with Crippen LogP contribution in [0.1, 0.15) is 20.8 Å². The van der Waals surface area contributed by atoms with Gasteiger partial charge in [0.25, 0.3) is 5.91 Å². The van der Waals surface area contributed by atoms with Gasteiger partial charge in [0.1, 0.15) is 11.5 Å². The van der Waals surface area contributed by atoms with E-state index < -0.39 is 6.10 Å². The number of rotatable bonds is 6. The Morgan fingerprint density at radius 1 is 0.885 bits per heavy atom. The Kier molecular flexibility index (Phi) is 5.42. The largest absolute Gasteiger partial charge is 0.491 e. The van der Waals surface area contributed by atoms with E-state index in [0.29, 0.717) is 11.4 Å². The van der Waals surface area contributed by atoms with E-state index in [1.165, 1.54) is 0 Å². The molecule has 1 atom stereocenters. The van der Waals surface area contributed by atoms with Crippen LogP contribution in [0.2, 0.25) is 0 Å². The summed E-state index contributed by atoms with van der Waals surface area (Å²) in [6, 6.07) is 21.1. The first kappa shape index (κ1) is 17.8. The first-order chi connectivity index (χ1) is 12.5. The quantitative estimate of drug-likeness (QED) is 0.679. The zero-order chi connectivity index (χ0) is 18.5. The Labute approximate surface area is 153 Å². The van der Waals surface area contributed by atoms with E-state index in [9.17, 15) is 4.79 Å². The number of ether oxygens (including phenoxy) is 2. The third kappa shape index (κ3) is 4.33. The second kappa shape index (κ2) is 7.91. The van der Waals surface area contributed by atoms with Crippen molar-refractivity contribution in [3.63, 3.8) is 0 Å². The fraction of sp³-hybridized carbons (Fsp3) is 0.227. The van der Waals surface area contributed by atoms with Gasteiger partial charge in [0.05, 0.1) is 6.10 Å². The Morgan fingerprint density at radius 3 is 2.42 bits per heavy atom. The van der Waals surface area contributed by atoms with Gasteiger partial charge in [0.2, 0.25) is 0 Å².